The van der Waals surface area contributed by atoms with Crippen molar-refractivity contribution in [3.8, 4) is 23.0 Å². The number of carbonyl (C=O) groups is 1. The molecule has 0 aliphatic heterocycles. The first-order chi connectivity index (χ1) is 12.5. The van der Waals surface area contributed by atoms with E-state index in [1.807, 2.05) is 0 Å². The molecule has 0 heterocycles. The molecular weight excluding hydrogens is 354 g/mol. The fourth-order valence-corrected chi connectivity index (χ4v) is 2.61. The Balaban J connectivity index is 2.21. The third-order valence-electron chi connectivity index (χ3n) is 3.60. The molecule has 7 heteroatoms. The Kier molecular flexibility index (Phi) is 6.80. The monoisotopic (exact) mass is 375 g/mol. The lowest BCUT2D eigenvalue weighted by Crippen LogP contribution is -2.08. The predicted octanol–water partition coefficient (Wildman–Crippen LogP) is 3.66. The number of methoxy groups -OCH3 is 4. The predicted molar refractivity (Wildman–Crippen MR) is 104 cm³/mol. The molecule has 6 nitrogen and oxygen atoms in total. The molecule has 26 heavy (non-hydrogen) atoms. The van der Waals surface area contributed by atoms with Gasteiger partial charge in [0.1, 0.15) is 23.0 Å². The Hall–Kier alpha value is -2.80. The quantitative estimate of drug-likeness (QED) is 0.571. The van der Waals surface area contributed by atoms with E-state index in [4.69, 9.17) is 18.9 Å². The molecule has 0 aromatic heterocycles. The van der Waals surface area contributed by atoms with Gasteiger partial charge in [-0.15, -0.1) is 12.6 Å². The molecule has 2 aromatic carbocycles. The van der Waals surface area contributed by atoms with Gasteiger partial charge in [-0.05, 0) is 24.3 Å². The van der Waals surface area contributed by atoms with Gasteiger partial charge in [-0.1, -0.05) is 0 Å². The fourth-order valence-electron chi connectivity index (χ4n) is 2.31. The summed E-state index contributed by atoms with van der Waals surface area (Å²) < 4.78 is 21.1. The van der Waals surface area contributed by atoms with Crippen LogP contribution in [0.2, 0.25) is 0 Å². The van der Waals surface area contributed by atoms with E-state index in [2.05, 4.69) is 17.9 Å². The largest absolute Gasteiger partial charge is 0.496 e. The summed E-state index contributed by atoms with van der Waals surface area (Å²) in [5.74, 6) is 2.00. The molecule has 0 aliphatic rings. The molecule has 0 unspecified atom stereocenters. The maximum atomic E-state index is 12.2. The molecule has 0 saturated carbocycles. The number of rotatable bonds is 7. The first-order valence-electron chi connectivity index (χ1n) is 7.68. The summed E-state index contributed by atoms with van der Waals surface area (Å²) in [6.07, 6.45) is 3.02. The van der Waals surface area contributed by atoms with E-state index in [0.717, 1.165) is 0 Å². The van der Waals surface area contributed by atoms with Gasteiger partial charge in [0.15, 0.2) is 0 Å². The molecule has 2 rings (SSSR count). The Labute approximate surface area is 158 Å². The SMILES string of the molecule is COc1cc(OC)c(/C=C/C(=O)Nc2ccc(OC)c(S)c2)c(OC)c1. The number of hydrogen-bond donors (Lipinski definition) is 2. The first-order valence-corrected chi connectivity index (χ1v) is 8.13. The summed E-state index contributed by atoms with van der Waals surface area (Å²) in [4.78, 5) is 12.8. The molecule has 0 spiro atoms. The van der Waals surface area contributed by atoms with Crippen molar-refractivity contribution in [3.05, 3.63) is 42.0 Å². The van der Waals surface area contributed by atoms with Crippen LogP contribution in [-0.2, 0) is 4.79 Å². The molecule has 2 aromatic rings. The number of hydrogen-bond acceptors (Lipinski definition) is 6. The Morgan fingerprint density at radius 1 is 0.923 bits per heavy atom. The molecule has 1 amide bonds. The Morgan fingerprint density at radius 3 is 2.04 bits per heavy atom. The van der Waals surface area contributed by atoms with Gasteiger partial charge in [0.25, 0.3) is 0 Å². The van der Waals surface area contributed by atoms with Crippen molar-refractivity contribution in [2.45, 2.75) is 4.90 Å². The highest BCUT2D eigenvalue weighted by Crippen LogP contribution is 2.35. The van der Waals surface area contributed by atoms with E-state index < -0.39 is 0 Å². The van der Waals surface area contributed by atoms with Crippen LogP contribution in [0, 0.1) is 0 Å². The summed E-state index contributed by atoms with van der Waals surface area (Å²) in [6, 6.07) is 8.62. The number of amides is 1. The molecular formula is C19H21NO5S. The second-order valence-electron chi connectivity index (χ2n) is 5.15. The molecule has 0 atom stereocenters. The standard InChI is InChI=1S/C19H21NO5S/c1-22-13-10-16(24-3)14(17(11-13)25-4)6-8-19(21)20-12-5-7-15(23-2)18(26)9-12/h5-11,26H,1-4H3,(H,20,21)/b8-6+. The van der Waals surface area contributed by atoms with Crippen LogP contribution in [0.4, 0.5) is 5.69 Å². The van der Waals surface area contributed by atoms with Gasteiger partial charge in [0, 0.05) is 28.8 Å². The number of thiol groups is 1. The molecule has 0 aliphatic carbocycles. The van der Waals surface area contributed by atoms with Crippen LogP contribution in [-0.4, -0.2) is 34.3 Å². The number of nitrogens with one attached hydrogen (secondary N) is 1. The topological polar surface area (TPSA) is 66.0 Å². The number of ether oxygens (including phenoxy) is 4. The van der Waals surface area contributed by atoms with Crippen molar-refractivity contribution < 1.29 is 23.7 Å². The van der Waals surface area contributed by atoms with Gasteiger partial charge in [0.2, 0.25) is 5.91 Å². The van der Waals surface area contributed by atoms with Gasteiger partial charge in [-0.3, -0.25) is 4.79 Å². The zero-order valence-corrected chi connectivity index (χ0v) is 15.9. The zero-order chi connectivity index (χ0) is 19.1. The van der Waals surface area contributed by atoms with Crippen molar-refractivity contribution in [3.63, 3.8) is 0 Å². The number of anilines is 1. The van der Waals surface area contributed by atoms with E-state index in [0.29, 0.717) is 39.1 Å². The van der Waals surface area contributed by atoms with Crippen molar-refractivity contribution >= 4 is 30.3 Å². The van der Waals surface area contributed by atoms with Crippen LogP contribution in [0.3, 0.4) is 0 Å². The molecule has 0 fully saturated rings. The highest BCUT2D eigenvalue weighted by atomic mass is 32.1. The maximum absolute atomic E-state index is 12.2. The summed E-state index contributed by atoms with van der Waals surface area (Å²) in [5, 5.41) is 2.77. The average Bonchev–Trinajstić information content (AvgIpc) is 2.65. The van der Waals surface area contributed by atoms with E-state index in [-0.39, 0.29) is 5.91 Å². The lowest BCUT2D eigenvalue weighted by Gasteiger charge is -2.12. The highest BCUT2D eigenvalue weighted by molar-refractivity contribution is 7.80. The van der Waals surface area contributed by atoms with Crippen LogP contribution in [0.15, 0.2) is 41.3 Å². The summed E-state index contributed by atoms with van der Waals surface area (Å²) in [6.45, 7) is 0. The minimum Gasteiger partial charge on any atom is -0.496 e. The normalized spacial score (nSPS) is 10.5. The average molecular weight is 375 g/mol. The van der Waals surface area contributed by atoms with Crippen LogP contribution in [0.5, 0.6) is 23.0 Å². The minimum atomic E-state index is -0.303. The van der Waals surface area contributed by atoms with E-state index in [9.17, 15) is 4.79 Å². The third kappa shape index (κ3) is 4.64. The van der Waals surface area contributed by atoms with Crippen molar-refractivity contribution in [1.29, 1.82) is 0 Å². The first kappa shape index (κ1) is 19.5. The molecule has 0 radical (unpaired) electrons. The van der Waals surface area contributed by atoms with Gasteiger partial charge in [-0.25, -0.2) is 0 Å². The second kappa shape index (κ2) is 9.05. The van der Waals surface area contributed by atoms with Crippen molar-refractivity contribution in [2.24, 2.45) is 0 Å². The van der Waals surface area contributed by atoms with Gasteiger partial charge < -0.3 is 24.3 Å². The summed E-state index contributed by atoms with van der Waals surface area (Å²) in [5.41, 5.74) is 1.25. The van der Waals surface area contributed by atoms with Gasteiger partial charge in [0.05, 0.1) is 34.0 Å². The van der Waals surface area contributed by atoms with Crippen LogP contribution in [0.1, 0.15) is 5.56 Å². The maximum Gasteiger partial charge on any atom is 0.248 e. The van der Waals surface area contributed by atoms with Crippen LogP contribution >= 0.6 is 12.6 Å². The molecule has 0 bridgehead atoms. The van der Waals surface area contributed by atoms with Crippen LogP contribution in [0.25, 0.3) is 6.08 Å². The van der Waals surface area contributed by atoms with Gasteiger partial charge in [-0.2, -0.15) is 0 Å². The molecule has 0 saturated heterocycles. The number of carbonyl (C=O) groups excluding carboxylic acids is 1. The van der Waals surface area contributed by atoms with Gasteiger partial charge >= 0.3 is 0 Å². The lowest BCUT2D eigenvalue weighted by atomic mass is 10.1. The lowest BCUT2D eigenvalue weighted by molar-refractivity contribution is -0.111. The van der Waals surface area contributed by atoms with Crippen molar-refractivity contribution in [1.82, 2.24) is 0 Å². The van der Waals surface area contributed by atoms with E-state index in [1.54, 1.807) is 50.6 Å². The third-order valence-corrected chi connectivity index (χ3v) is 3.95. The van der Waals surface area contributed by atoms with E-state index >= 15 is 0 Å². The summed E-state index contributed by atoms with van der Waals surface area (Å²) in [7, 11) is 6.20. The minimum absolute atomic E-state index is 0.303. The zero-order valence-electron chi connectivity index (χ0n) is 15.0. The second-order valence-corrected chi connectivity index (χ2v) is 5.64. The number of benzene rings is 2. The Morgan fingerprint density at radius 2 is 1.54 bits per heavy atom. The van der Waals surface area contributed by atoms with Crippen LogP contribution < -0.4 is 24.3 Å². The smallest absolute Gasteiger partial charge is 0.248 e. The van der Waals surface area contributed by atoms with Crippen molar-refractivity contribution in [2.75, 3.05) is 33.8 Å². The summed E-state index contributed by atoms with van der Waals surface area (Å²) >= 11 is 4.31. The van der Waals surface area contributed by atoms with E-state index in [1.165, 1.54) is 20.3 Å². The molecule has 1 N–H and O–H groups in total. The molecule has 138 valence electrons. The highest BCUT2D eigenvalue weighted by Gasteiger charge is 2.11. The Bertz CT molecular complexity index is 795. The fraction of sp³-hybridized carbons (Fsp3) is 0.211.